The van der Waals surface area contributed by atoms with Gasteiger partial charge in [-0.3, -0.25) is 0 Å². The van der Waals surface area contributed by atoms with Crippen LogP contribution in [0, 0.1) is 0 Å². The summed E-state index contributed by atoms with van der Waals surface area (Å²) in [6.07, 6.45) is -2.75. The molecule has 1 unspecified atom stereocenters. The van der Waals surface area contributed by atoms with Gasteiger partial charge in [-0.2, -0.15) is 0 Å². The zero-order valence-electron chi connectivity index (χ0n) is 8.17. The van der Waals surface area contributed by atoms with Crippen molar-refractivity contribution < 1.29 is 13.9 Å². The van der Waals surface area contributed by atoms with Crippen molar-refractivity contribution in [3.63, 3.8) is 0 Å². The van der Waals surface area contributed by atoms with Crippen molar-refractivity contribution in [3.8, 4) is 5.75 Å². The van der Waals surface area contributed by atoms with Crippen molar-refractivity contribution in [1.29, 1.82) is 0 Å². The maximum absolute atomic E-state index is 12.5. The van der Waals surface area contributed by atoms with Gasteiger partial charge in [-0.1, -0.05) is 17.7 Å². The van der Waals surface area contributed by atoms with E-state index >= 15 is 0 Å². The van der Waals surface area contributed by atoms with Gasteiger partial charge in [-0.25, -0.2) is 8.78 Å². The highest BCUT2D eigenvalue weighted by Crippen LogP contribution is 2.27. The van der Waals surface area contributed by atoms with E-state index in [4.69, 9.17) is 17.3 Å². The van der Waals surface area contributed by atoms with Gasteiger partial charge in [-0.05, 0) is 31.0 Å². The molecule has 5 heteroatoms. The first-order valence-electron chi connectivity index (χ1n) is 4.37. The van der Waals surface area contributed by atoms with Crippen LogP contribution in [0.15, 0.2) is 18.2 Å². The Balaban J connectivity index is 2.90. The Kier molecular flexibility index (Phi) is 3.52. The molecule has 15 heavy (non-hydrogen) atoms. The van der Waals surface area contributed by atoms with Crippen LogP contribution in [0.5, 0.6) is 5.75 Å². The Morgan fingerprint density at radius 2 is 2.13 bits per heavy atom. The number of phenolic OH excluding ortho intramolecular Hbond substituents is 1. The van der Waals surface area contributed by atoms with Gasteiger partial charge in [0.1, 0.15) is 5.75 Å². The lowest BCUT2D eigenvalue weighted by Crippen LogP contribution is -2.45. The van der Waals surface area contributed by atoms with Crippen LogP contribution in [0.25, 0.3) is 0 Å². The third kappa shape index (κ3) is 3.04. The van der Waals surface area contributed by atoms with Crippen LogP contribution in [0.1, 0.15) is 12.5 Å². The van der Waals surface area contributed by atoms with E-state index in [-0.39, 0.29) is 12.2 Å². The van der Waals surface area contributed by atoms with E-state index in [1.807, 2.05) is 0 Å². The molecule has 0 amide bonds. The molecule has 84 valence electrons. The molecule has 0 aliphatic rings. The molecule has 0 aromatic heterocycles. The predicted octanol–water partition coefficient (Wildman–Crippen LogP) is 2.57. The van der Waals surface area contributed by atoms with Gasteiger partial charge >= 0.3 is 0 Å². The molecule has 2 nitrogen and oxygen atoms in total. The normalized spacial score (nSPS) is 15.3. The zero-order chi connectivity index (χ0) is 11.6. The Bertz CT molecular complexity index is 355. The molecule has 0 aliphatic heterocycles. The summed E-state index contributed by atoms with van der Waals surface area (Å²) in [4.78, 5) is 0. The summed E-state index contributed by atoms with van der Waals surface area (Å²) in [5, 5.41) is 9.81. The van der Waals surface area contributed by atoms with Crippen LogP contribution in [0.4, 0.5) is 8.78 Å². The minimum Gasteiger partial charge on any atom is -0.508 e. The third-order valence-electron chi connectivity index (χ3n) is 2.12. The van der Waals surface area contributed by atoms with Crippen molar-refractivity contribution in [2.24, 2.45) is 5.73 Å². The van der Waals surface area contributed by atoms with Gasteiger partial charge in [0.05, 0.1) is 5.54 Å². The number of alkyl halides is 2. The number of halogens is 3. The average Bonchev–Trinajstić information content (AvgIpc) is 2.09. The molecule has 0 spiro atoms. The highest BCUT2D eigenvalue weighted by Gasteiger charge is 2.31. The van der Waals surface area contributed by atoms with Crippen LogP contribution in [0.3, 0.4) is 0 Å². The molecule has 1 atom stereocenters. The number of rotatable bonds is 3. The lowest BCUT2D eigenvalue weighted by molar-refractivity contribution is 0.0636. The van der Waals surface area contributed by atoms with E-state index in [0.717, 1.165) is 0 Å². The largest absolute Gasteiger partial charge is 0.508 e. The number of hydrogen-bond acceptors (Lipinski definition) is 2. The first-order valence-corrected chi connectivity index (χ1v) is 4.75. The lowest BCUT2D eigenvalue weighted by atomic mass is 9.94. The van der Waals surface area contributed by atoms with E-state index in [1.165, 1.54) is 25.1 Å². The van der Waals surface area contributed by atoms with E-state index in [1.54, 1.807) is 0 Å². The van der Waals surface area contributed by atoms with Crippen LogP contribution in [0.2, 0.25) is 5.02 Å². The number of hydrogen-bond donors (Lipinski definition) is 2. The summed E-state index contributed by atoms with van der Waals surface area (Å²) in [6, 6.07) is 4.32. The Labute approximate surface area is 91.7 Å². The second-order valence-corrected chi connectivity index (χ2v) is 4.19. The maximum Gasteiger partial charge on any atom is 0.256 e. The average molecular weight is 236 g/mol. The molecule has 3 N–H and O–H groups in total. The van der Waals surface area contributed by atoms with Crippen LogP contribution in [-0.2, 0) is 6.42 Å². The molecule has 1 aromatic rings. The van der Waals surface area contributed by atoms with Gasteiger partial charge in [-0.15, -0.1) is 0 Å². The molecule has 0 bridgehead atoms. The van der Waals surface area contributed by atoms with Crippen molar-refractivity contribution in [1.82, 2.24) is 0 Å². The summed E-state index contributed by atoms with van der Waals surface area (Å²) < 4.78 is 25.0. The summed E-state index contributed by atoms with van der Waals surface area (Å²) >= 11 is 5.61. The molecule has 0 radical (unpaired) electrons. The zero-order valence-corrected chi connectivity index (χ0v) is 8.93. The second kappa shape index (κ2) is 4.33. The van der Waals surface area contributed by atoms with Crippen molar-refractivity contribution in [2.75, 3.05) is 0 Å². The van der Waals surface area contributed by atoms with Crippen LogP contribution >= 0.6 is 11.6 Å². The van der Waals surface area contributed by atoms with E-state index in [9.17, 15) is 13.9 Å². The predicted molar refractivity (Wildman–Crippen MR) is 55.4 cm³/mol. The summed E-state index contributed by atoms with van der Waals surface area (Å²) in [7, 11) is 0. The minimum absolute atomic E-state index is 0.104. The van der Waals surface area contributed by atoms with E-state index in [0.29, 0.717) is 10.6 Å². The minimum atomic E-state index is -2.65. The summed E-state index contributed by atoms with van der Waals surface area (Å²) in [5.41, 5.74) is 4.12. The lowest BCUT2D eigenvalue weighted by Gasteiger charge is -2.23. The summed E-state index contributed by atoms with van der Waals surface area (Å²) in [6.45, 7) is 1.24. The number of nitrogens with two attached hydrogens (primary N) is 1. The van der Waals surface area contributed by atoms with Crippen molar-refractivity contribution >= 4 is 11.6 Å². The van der Waals surface area contributed by atoms with Gasteiger partial charge in [0.2, 0.25) is 0 Å². The number of benzene rings is 1. The molecule has 0 saturated carbocycles. The Morgan fingerprint density at radius 3 is 2.60 bits per heavy atom. The van der Waals surface area contributed by atoms with E-state index < -0.39 is 12.0 Å². The highest BCUT2D eigenvalue weighted by molar-refractivity contribution is 6.30. The van der Waals surface area contributed by atoms with Crippen LogP contribution in [-0.4, -0.2) is 17.1 Å². The van der Waals surface area contributed by atoms with Gasteiger partial charge in [0, 0.05) is 5.02 Å². The highest BCUT2D eigenvalue weighted by atomic mass is 35.5. The first-order chi connectivity index (χ1) is 6.83. The quantitative estimate of drug-likeness (QED) is 0.846. The number of aromatic hydroxyl groups is 1. The van der Waals surface area contributed by atoms with Crippen molar-refractivity contribution in [2.45, 2.75) is 25.3 Å². The standard InChI is InChI=1S/C10H12ClF2NO/c1-10(14,9(12)13)5-6-2-3-7(11)4-8(6)15/h2-4,9,15H,5,14H2,1H3. The molecular weight excluding hydrogens is 224 g/mol. The first kappa shape index (κ1) is 12.2. The second-order valence-electron chi connectivity index (χ2n) is 3.76. The van der Waals surface area contributed by atoms with E-state index in [2.05, 4.69) is 0 Å². The molecular formula is C10H12ClF2NO. The molecule has 1 rings (SSSR count). The molecule has 0 fully saturated rings. The number of phenols is 1. The monoisotopic (exact) mass is 235 g/mol. The SMILES string of the molecule is CC(N)(Cc1ccc(Cl)cc1O)C(F)F. The maximum atomic E-state index is 12.5. The molecule has 0 saturated heterocycles. The molecule has 0 heterocycles. The molecule has 0 aliphatic carbocycles. The Morgan fingerprint density at radius 1 is 1.53 bits per heavy atom. The topological polar surface area (TPSA) is 46.2 Å². The third-order valence-corrected chi connectivity index (χ3v) is 2.35. The smallest absolute Gasteiger partial charge is 0.256 e. The summed E-state index contributed by atoms with van der Waals surface area (Å²) in [5.74, 6) is -0.111. The van der Waals surface area contributed by atoms with Gasteiger partial charge in [0.15, 0.2) is 0 Å². The fraction of sp³-hybridized carbons (Fsp3) is 0.400. The van der Waals surface area contributed by atoms with Gasteiger partial charge < -0.3 is 10.8 Å². The molecule has 1 aromatic carbocycles. The van der Waals surface area contributed by atoms with Crippen LogP contribution < -0.4 is 5.73 Å². The van der Waals surface area contributed by atoms with Gasteiger partial charge in [0.25, 0.3) is 6.43 Å². The fourth-order valence-corrected chi connectivity index (χ4v) is 1.34. The van der Waals surface area contributed by atoms with Crippen molar-refractivity contribution in [3.05, 3.63) is 28.8 Å². The fourth-order valence-electron chi connectivity index (χ4n) is 1.17. The Hall–Kier alpha value is -0.870.